The number of nitrogens with zero attached hydrogens (tertiary/aromatic N) is 2. The number of halogens is 1. The van der Waals surface area contributed by atoms with Crippen LogP contribution < -0.4 is 10.6 Å². The average Bonchev–Trinajstić information content (AvgIpc) is 2.48. The van der Waals surface area contributed by atoms with Crippen LogP contribution in [-0.4, -0.2) is 22.9 Å². The van der Waals surface area contributed by atoms with Gasteiger partial charge < -0.3 is 10.6 Å². The van der Waals surface area contributed by atoms with E-state index in [1.807, 2.05) is 0 Å². The molecule has 1 heterocycles. The van der Waals surface area contributed by atoms with Crippen LogP contribution in [0.5, 0.6) is 0 Å². The molecule has 0 unspecified atom stereocenters. The number of nitro groups is 1. The summed E-state index contributed by atoms with van der Waals surface area (Å²) in [5.41, 5.74) is 0.442. The highest BCUT2D eigenvalue weighted by Gasteiger charge is 2.16. The second-order valence-electron chi connectivity index (χ2n) is 4.05. The Morgan fingerprint density at radius 3 is 2.67 bits per heavy atom. The molecule has 108 valence electrons. The number of benzene rings is 1. The average molecular weight is 307 g/mol. The summed E-state index contributed by atoms with van der Waals surface area (Å²) in [6, 6.07) is 7.22. The molecule has 2 aromatic rings. The van der Waals surface area contributed by atoms with Crippen LogP contribution >= 0.6 is 11.6 Å². The second-order valence-corrected chi connectivity index (χ2v) is 4.49. The standard InChI is InChI=1S/C13H11ClN4O3/c1-15-10-6-8(2-4-11(10)18(20)21)13(19)17-12-5-3-9(14)7-16-12/h2-7,15H,1H3,(H,16,17,19). The minimum absolute atomic E-state index is 0.0985. The van der Waals surface area contributed by atoms with E-state index in [2.05, 4.69) is 15.6 Å². The van der Waals surface area contributed by atoms with Gasteiger partial charge in [-0.15, -0.1) is 0 Å². The van der Waals surface area contributed by atoms with Gasteiger partial charge in [0.15, 0.2) is 0 Å². The molecule has 0 aliphatic heterocycles. The first-order chi connectivity index (χ1) is 10.0. The second kappa shape index (κ2) is 6.19. The molecule has 1 amide bonds. The Morgan fingerprint density at radius 1 is 1.33 bits per heavy atom. The fraction of sp³-hybridized carbons (Fsp3) is 0.0769. The minimum atomic E-state index is -0.520. The number of rotatable bonds is 4. The number of carbonyl (C=O) groups excluding carboxylic acids is 1. The lowest BCUT2D eigenvalue weighted by Crippen LogP contribution is -2.13. The Bertz CT molecular complexity index is 688. The van der Waals surface area contributed by atoms with Crippen LogP contribution in [-0.2, 0) is 0 Å². The summed E-state index contributed by atoms with van der Waals surface area (Å²) in [7, 11) is 1.55. The van der Waals surface area contributed by atoms with Gasteiger partial charge in [0.2, 0.25) is 0 Å². The smallest absolute Gasteiger partial charge is 0.292 e. The van der Waals surface area contributed by atoms with Crippen LogP contribution in [0.2, 0.25) is 5.02 Å². The van der Waals surface area contributed by atoms with Crippen LogP contribution in [0.1, 0.15) is 10.4 Å². The summed E-state index contributed by atoms with van der Waals surface area (Å²) in [6.45, 7) is 0. The number of amides is 1. The fourth-order valence-electron chi connectivity index (χ4n) is 1.67. The van der Waals surface area contributed by atoms with Crippen LogP contribution in [0.25, 0.3) is 0 Å². The predicted octanol–water partition coefficient (Wildman–Crippen LogP) is 2.94. The number of nitrogens with one attached hydrogen (secondary N) is 2. The Hall–Kier alpha value is -2.67. The summed E-state index contributed by atoms with van der Waals surface area (Å²) < 4.78 is 0. The Morgan fingerprint density at radius 2 is 2.10 bits per heavy atom. The molecule has 2 rings (SSSR count). The van der Waals surface area contributed by atoms with Crippen molar-refractivity contribution in [1.82, 2.24) is 4.98 Å². The Balaban J connectivity index is 2.23. The molecular formula is C13H11ClN4O3. The molecule has 0 radical (unpaired) electrons. The highest BCUT2D eigenvalue weighted by molar-refractivity contribution is 6.30. The number of carbonyl (C=O) groups is 1. The van der Waals surface area contributed by atoms with Crippen molar-refractivity contribution in [2.24, 2.45) is 0 Å². The number of hydrogen-bond acceptors (Lipinski definition) is 5. The van der Waals surface area contributed by atoms with Gasteiger partial charge in [0, 0.05) is 24.9 Å². The first kappa shape index (κ1) is 14.7. The monoisotopic (exact) mass is 306 g/mol. The van der Waals surface area contributed by atoms with Crippen molar-refractivity contribution in [3.63, 3.8) is 0 Å². The molecule has 0 aliphatic rings. The molecule has 0 spiro atoms. The SMILES string of the molecule is CNc1cc(C(=O)Nc2ccc(Cl)cn2)ccc1[N+](=O)[O-]. The van der Waals surface area contributed by atoms with Gasteiger partial charge in [-0.3, -0.25) is 14.9 Å². The fourth-order valence-corrected chi connectivity index (χ4v) is 1.79. The van der Waals surface area contributed by atoms with Gasteiger partial charge in [-0.05, 0) is 24.3 Å². The van der Waals surface area contributed by atoms with Gasteiger partial charge in [0.05, 0.1) is 9.95 Å². The topological polar surface area (TPSA) is 97.2 Å². The first-order valence-corrected chi connectivity index (χ1v) is 6.28. The van der Waals surface area contributed by atoms with Gasteiger partial charge >= 0.3 is 0 Å². The minimum Gasteiger partial charge on any atom is -0.383 e. The van der Waals surface area contributed by atoms with Crippen molar-refractivity contribution in [3.05, 3.63) is 57.2 Å². The lowest BCUT2D eigenvalue weighted by molar-refractivity contribution is -0.383. The first-order valence-electron chi connectivity index (χ1n) is 5.90. The molecule has 0 saturated carbocycles. The molecule has 0 atom stereocenters. The van der Waals surface area contributed by atoms with Crippen LogP contribution in [0.15, 0.2) is 36.5 Å². The van der Waals surface area contributed by atoms with E-state index in [1.165, 1.54) is 24.4 Å². The molecule has 0 saturated heterocycles. The molecule has 2 N–H and O–H groups in total. The summed E-state index contributed by atoms with van der Waals surface area (Å²) in [4.78, 5) is 26.3. The molecule has 0 bridgehead atoms. The summed E-state index contributed by atoms with van der Waals surface area (Å²) >= 11 is 5.70. The maximum absolute atomic E-state index is 12.1. The summed E-state index contributed by atoms with van der Waals surface area (Å²) in [5.74, 6) is -0.0787. The molecule has 0 aliphatic carbocycles. The van der Waals surface area contributed by atoms with Gasteiger partial charge in [0.1, 0.15) is 11.5 Å². The molecule has 1 aromatic heterocycles. The number of nitro benzene ring substituents is 1. The highest BCUT2D eigenvalue weighted by atomic mass is 35.5. The zero-order chi connectivity index (χ0) is 15.4. The third-order valence-electron chi connectivity index (χ3n) is 2.69. The lowest BCUT2D eigenvalue weighted by atomic mass is 10.1. The van der Waals surface area contributed by atoms with Crippen LogP contribution in [0.3, 0.4) is 0 Å². The third-order valence-corrected chi connectivity index (χ3v) is 2.92. The van der Waals surface area contributed by atoms with Crippen molar-refractivity contribution in [2.45, 2.75) is 0 Å². The molecule has 7 nitrogen and oxygen atoms in total. The van der Waals surface area contributed by atoms with Crippen LogP contribution in [0, 0.1) is 10.1 Å². The van der Waals surface area contributed by atoms with E-state index in [-0.39, 0.29) is 16.9 Å². The molecule has 1 aromatic carbocycles. The van der Waals surface area contributed by atoms with E-state index in [1.54, 1.807) is 19.2 Å². The highest BCUT2D eigenvalue weighted by Crippen LogP contribution is 2.25. The van der Waals surface area contributed by atoms with Crippen molar-refractivity contribution in [2.75, 3.05) is 17.7 Å². The summed E-state index contributed by atoms with van der Waals surface area (Å²) in [6.07, 6.45) is 1.41. The zero-order valence-electron chi connectivity index (χ0n) is 11.0. The van der Waals surface area contributed by atoms with E-state index in [4.69, 9.17) is 11.6 Å². The van der Waals surface area contributed by atoms with Crippen LogP contribution in [0.4, 0.5) is 17.2 Å². The zero-order valence-corrected chi connectivity index (χ0v) is 11.7. The van der Waals surface area contributed by atoms with E-state index >= 15 is 0 Å². The number of anilines is 2. The van der Waals surface area contributed by atoms with Crippen molar-refractivity contribution < 1.29 is 9.72 Å². The normalized spacial score (nSPS) is 10.0. The van der Waals surface area contributed by atoms with E-state index in [0.717, 1.165) is 0 Å². The van der Waals surface area contributed by atoms with Gasteiger partial charge in [-0.25, -0.2) is 4.98 Å². The maximum atomic E-state index is 12.1. The quantitative estimate of drug-likeness (QED) is 0.668. The third kappa shape index (κ3) is 3.46. The Kier molecular flexibility index (Phi) is 4.34. The maximum Gasteiger partial charge on any atom is 0.292 e. The van der Waals surface area contributed by atoms with Crippen molar-refractivity contribution in [1.29, 1.82) is 0 Å². The number of aromatic nitrogens is 1. The molecule has 8 heteroatoms. The predicted molar refractivity (Wildman–Crippen MR) is 79.8 cm³/mol. The molecule has 0 fully saturated rings. The number of hydrogen-bond donors (Lipinski definition) is 2. The van der Waals surface area contributed by atoms with Gasteiger partial charge in [-0.1, -0.05) is 11.6 Å². The summed E-state index contributed by atoms with van der Waals surface area (Å²) in [5, 5.41) is 16.6. The van der Waals surface area contributed by atoms with Crippen molar-refractivity contribution >= 4 is 34.7 Å². The van der Waals surface area contributed by atoms with Gasteiger partial charge in [-0.2, -0.15) is 0 Å². The van der Waals surface area contributed by atoms with E-state index in [9.17, 15) is 14.9 Å². The lowest BCUT2D eigenvalue weighted by Gasteiger charge is -2.07. The van der Waals surface area contributed by atoms with E-state index < -0.39 is 10.8 Å². The van der Waals surface area contributed by atoms with E-state index in [0.29, 0.717) is 10.8 Å². The molecular weight excluding hydrogens is 296 g/mol. The molecule has 21 heavy (non-hydrogen) atoms. The Labute approximate surface area is 125 Å². The number of pyridine rings is 1. The van der Waals surface area contributed by atoms with Crippen molar-refractivity contribution in [3.8, 4) is 0 Å². The van der Waals surface area contributed by atoms with Gasteiger partial charge in [0.25, 0.3) is 11.6 Å². The largest absolute Gasteiger partial charge is 0.383 e.